The van der Waals surface area contributed by atoms with Crippen molar-refractivity contribution < 1.29 is 14.6 Å². The van der Waals surface area contributed by atoms with E-state index in [-0.39, 0.29) is 5.56 Å². The van der Waals surface area contributed by atoms with Crippen molar-refractivity contribution in [2.45, 2.75) is 19.4 Å². The molecule has 0 spiro atoms. The molecule has 0 fully saturated rings. The van der Waals surface area contributed by atoms with Crippen molar-refractivity contribution in [2.24, 2.45) is 0 Å². The van der Waals surface area contributed by atoms with Crippen LogP contribution >= 0.6 is 50.1 Å². The van der Waals surface area contributed by atoms with Crippen LogP contribution in [0.1, 0.15) is 27.0 Å². The number of hydrogen-bond acceptors (Lipinski definition) is 2. The van der Waals surface area contributed by atoms with Gasteiger partial charge in [-0.15, -0.1) is 0 Å². The van der Waals surface area contributed by atoms with Crippen molar-refractivity contribution >= 4 is 56.1 Å². The van der Waals surface area contributed by atoms with Crippen molar-refractivity contribution in [3.8, 4) is 5.75 Å². The van der Waals surface area contributed by atoms with Crippen LogP contribution in [-0.2, 0) is 19.4 Å². The Morgan fingerprint density at radius 2 is 1.79 bits per heavy atom. The van der Waals surface area contributed by atoms with Gasteiger partial charge in [-0.25, -0.2) is 4.79 Å². The molecule has 3 aromatic rings. The molecule has 0 saturated heterocycles. The lowest BCUT2D eigenvalue weighted by Crippen LogP contribution is -2.02. The van der Waals surface area contributed by atoms with Gasteiger partial charge in [0.15, 0.2) is 0 Å². The van der Waals surface area contributed by atoms with Gasteiger partial charge in [0.1, 0.15) is 12.4 Å². The highest BCUT2D eigenvalue weighted by Gasteiger charge is 2.12. The summed E-state index contributed by atoms with van der Waals surface area (Å²) in [5, 5.41) is 9.66. The maximum atomic E-state index is 11.0. The molecular weight excluding hydrogens is 554 g/mol. The van der Waals surface area contributed by atoms with Crippen LogP contribution in [0.4, 0.5) is 0 Å². The Hall–Kier alpha value is -1.57. The lowest BCUT2D eigenvalue weighted by atomic mass is 10.0. The summed E-state index contributed by atoms with van der Waals surface area (Å²) in [7, 11) is 0. The summed E-state index contributed by atoms with van der Waals surface area (Å²) < 4.78 is 8.10. The van der Waals surface area contributed by atoms with Crippen LogP contribution in [0.15, 0.2) is 65.1 Å². The van der Waals surface area contributed by atoms with Gasteiger partial charge in [-0.3, -0.25) is 0 Å². The average molecular weight is 572 g/mol. The van der Waals surface area contributed by atoms with Crippen LogP contribution < -0.4 is 4.74 Å². The summed E-state index contributed by atoms with van der Waals surface area (Å²) in [6, 6.07) is 18.9. The van der Waals surface area contributed by atoms with Crippen LogP contribution in [-0.4, -0.2) is 11.1 Å². The molecule has 3 rings (SSSR count). The Labute approximate surface area is 191 Å². The lowest BCUT2D eigenvalue weighted by Gasteiger charge is -2.15. The fraction of sp³-hybridized carbons (Fsp3) is 0.136. The first kappa shape index (κ1) is 21.1. The Kier molecular flexibility index (Phi) is 7.37. The minimum absolute atomic E-state index is 0.288. The summed E-state index contributed by atoms with van der Waals surface area (Å²) in [4.78, 5) is 11.0. The largest absolute Gasteiger partial charge is 0.487 e. The molecule has 0 aliphatic heterocycles. The zero-order valence-corrected chi connectivity index (χ0v) is 19.3. The first-order chi connectivity index (χ1) is 13.4. The molecule has 0 heterocycles. The van der Waals surface area contributed by atoms with Gasteiger partial charge >= 0.3 is 5.97 Å². The smallest absolute Gasteiger partial charge is 0.335 e. The van der Waals surface area contributed by atoms with Gasteiger partial charge < -0.3 is 9.84 Å². The van der Waals surface area contributed by atoms with E-state index < -0.39 is 5.97 Å². The standard InChI is InChI=1S/C22H17BrClIO3/c23-20-12-18(24)11-17(9-6-14-4-7-16(8-5-14)22(26)27)21(20)28-13-15-2-1-3-19(25)10-15/h1-5,7-8,10-12H,6,9,13H2,(H,26,27). The third kappa shape index (κ3) is 5.72. The van der Waals surface area contributed by atoms with Crippen molar-refractivity contribution in [1.29, 1.82) is 0 Å². The second-order valence-electron chi connectivity index (χ2n) is 6.30. The topological polar surface area (TPSA) is 46.5 Å². The molecule has 1 N–H and O–H groups in total. The minimum atomic E-state index is -0.920. The molecule has 3 nitrogen and oxygen atoms in total. The van der Waals surface area contributed by atoms with Gasteiger partial charge in [0, 0.05) is 8.59 Å². The number of carboxylic acid groups (broad SMARTS) is 1. The molecule has 0 unspecified atom stereocenters. The molecule has 0 atom stereocenters. The first-order valence-electron chi connectivity index (χ1n) is 8.60. The fourth-order valence-corrected chi connectivity index (χ4v) is 4.43. The second kappa shape index (κ2) is 9.76. The van der Waals surface area contributed by atoms with Crippen LogP contribution in [0.3, 0.4) is 0 Å². The van der Waals surface area contributed by atoms with E-state index in [0.29, 0.717) is 11.6 Å². The molecule has 0 radical (unpaired) electrons. The molecule has 144 valence electrons. The summed E-state index contributed by atoms with van der Waals surface area (Å²) in [6.07, 6.45) is 1.49. The SMILES string of the molecule is O=C(O)c1ccc(CCc2cc(Cl)cc(Br)c2OCc2cccc(I)c2)cc1. The van der Waals surface area contributed by atoms with Gasteiger partial charge in [-0.05, 0) is 104 Å². The Balaban J connectivity index is 1.75. The summed E-state index contributed by atoms with van der Waals surface area (Å²) >= 11 is 12.1. The van der Waals surface area contributed by atoms with E-state index in [1.54, 1.807) is 12.1 Å². The van der Waals surface area contributed by atoms with E-state index in [1.807, 2.05) is 42.5 Å². The number of aromatic carboxylic acids is 1. The fourth-order valence-electron chi connectivity index (χ4n) is 2.84. The van der Waals surface area contributed by atoms with Crippen molar-refractivity contribution in [3.05, 3.63) is 96.0 Å². The van der Waals surface area contributed by atoms with Crippen LogP contribution in [0.2, 0.25) is 5.02 Å². The molecule has 28 heavy (non-hydrogen) atoms. The third-order valence-electron chi connectivity index (χ3n) is 4.24. The van der Waals surface area contributed by atoms with E-state index in [2.05, 4.69) is 44.6 Å². The number of aryl methyl sites for hydroxylation is 2. The molecule has 0 aromatic heterocycles. The van der Waals surface area contributed by atoms with Gasteiger partial charge in [-0.2, -0.15) is 0 Å². The number of carboxylic acids is 1. The summed E-state index contributed by atoms with van der Waals surface area (Å²) in [6.45, 7) is 0.470. The maximum Gasteiger partial charge on any atom is 0.335 e. The Morgan fingerprint density at radius 3 is 2.46 bits per heavy atom. The average Bonchev–Trinajstić information content (AvgIpc) is 2.65. The minimum Gasteiger partial charge on any atom is -0.487 e. The number of carbonyl (C=O) groups is 1. The Morgan fingerprint density at radius 1 is 1.04 bits per heavy atom. The number of rotatable bonds is 7. The summed E-state index contributed by atoms with van der Waals surface area (Å²) in [5.41, 5.74) is 3.46. The maximum absolute atomic E-state index is 11.0. The number of ether oxygens (including phenoxy) is 1. The van der Waals surface area contributed by atoms with E-state index in [9.17, 15) is 4.79 Å². The summed E-state index contributed by atoms with van der Waals surface area (Å²) in [5.74, 6) is -0.137. The van der Waals surface area contributed by atoms with Crippen LogP contribution in [0, 0.1) is 3.57 Å². The Bertz CT molecular complexity index is 990. The van der Waals surface area contributed by atoms with E-state index in [0.717, 1.165) is 39.8 Å². The zero-order valence-electron chi connectivity index (χ0n) is 14.8. The van der Waals surface area contributed by atoms with E-state index in [4.69, 9.17) is 21.4 Å². The van der Waals surface area contributed by atoms with E-state index in [1.165, 1.54) is 3.57 Å². The normalized spacial score (nSPS) is 10.7. The van der Waals surface area contributed by atoms with Gasteiger partial charge in [0.05, 0.1) is 10.0 Å². The van der Waals surface area contributed by atoms with Crippen LogP contribution in [0.25, 0.3) is 0 Å². The van der Waals surface area contributed by atoms with Gasteiger partial charge in [0.25, 0.3) is 0 Å². The molecular formula is C22H17BrClIO3. The molecule has 6 heteroatoms. The highest BCUT2D eigenvalue weighted by Crippen LogP contribution is 2.34. The number of benzene rings is 3. The second-order valence-corrected chi connectivity index (χ2v) is 8.83. The quantitative estimate of drug-likeness (QED) is 0.319. The van der Waals surface area contributed by atoms with Crippen molar-refractivity contribution in [3.63, 3.8) is 0 Å². The third-order valence-corrected chi connectivity index (χ3v) is 5.72. The lowest BCUT2D eigenvalue weighted by molar-refractivity contribution is 0.0697. The van der Waals surface area contributed by atoms with Gasteiger partial charge in [-0.1, -0.05) is 35.9 Å². The molecule has 0 aliphatic carbocycles. The molecule has 0 saturated carbocycles. The predicted octanol–water partition coefficient (Wildman–Crippen LogP) is 6.77. The zero-order chi connectivity index (χ0) is 20.1. The van der Waals surface area contributed by atoms with Crippen molar-refractivity contribution in [2.75, 3.05) is 0 Å². The molecule has 0 amide bonds. The van der Waals surface area contributed by atoms with Crippen LogP contribution in [0.5, 0.6) is 5.75 Å². The highest BCUT2D eigenvalue weighted by molar-refractivity contribution is 14.1. The van der Waals surface area contributed by atoms with Gasteiger partial charge in [0.2, 0.25) is 0 Å². The van der Waals surface area contributed by atoms with Crippen molar-refractivity contribution in [1.82, 2.24) is 0 Å². The number of hydrogen-bond donors (Lipinski definition) is 1. The molecule has 0 bridgehead atoms. The predicted molar refractivity (Wildman–Crippen MR) is 123 cm³/mol. The highest BCUT2D eigenvalue weighted by atomic mass is 127. The van der Waals surface area contributed by atoms with E-state index >= 15 is 0 Å². The molecule has 0 aliphatic rings. The monoisotopic (exact) mass is 570 g/mol. The number of halogens is 3. The molecule has 3 aromatic carbocycles. The first-order valence-corrected chi connectivity index (χ1v) is 10.8.